The van der Waals surface area contributed by atoms with Crippen LogP contribution in [0.4, 0.5) is 26.3 Å². The highest BCUT2D eigenvalue weighted by molar-refractivity contribution is 5.96. The molecule has 0 saturated carbocycles. The first-order valence-electron chi connectivity index (χ1n) is 6.84. The number of hydrogen-bond acceptors (Lipinski definition) is 3. The van der Waals surface area contributed by atoms with Crippen LogP contribution in [-0.2, 0) is 21.9 Å². The smallest absolute Gasteiger partial charge is 0.416 e. The first-order chi connectivity index (χ1) is 10.9. The van der Waals surface area contributed by atoms with Gasteiger partial charge < -0.3 is 4.74 Å². The van der Waals surface area contributed by atoms with Crippen LogP contribution in [0.1, 0.15) is 47.2 Å². The number of ketones is 1. The molecule has 0 radical (unpaired) electrons. The van der Waals surface area contributed by atoms with Crippen LogP contribution in [0.25, 0.3) is 0 Å². The minimum atomic E-state index is -5.00. The molecule has 0 atom stereocenters. The lowest BCUT2D eigenvalue weighted by Gasteiger charge is -2.13. The Balaban J connectivity index is 2.93. The maximum atomic E-state index is 12.7. The molecule has 0 heterocycles. The standard InChI is InChI=1S/C15H14F6O3/c1-24-13(23)5-3-2-4-12(22)9-6-10(14(16,17)18)8-11(7-9)15(19,20)21/h6-8H,2-5H2,1H3. The summed E-state index contributed by atoms with van der Waals surface area (Å²) in [6.45, 7) is 0. The van der Waals surface area contributed by atoms with Gasteiger partial charge in [-0.05, 0) is 31.0 Å². The van der Waals surface area contributed by atoms with E-state index in [-0.39, 0.29) is 31.7 Å². The second-order valence-electron chi connectivity index (χ2n) is 5.00. The number of Topliss-reactive ketones (excluding diaryl/α,β-unsaturated/α-hetero) is 1. The van der Waals surface area contributed by atoms with Gasteiger partial charge in [0, 0.05) is 18.4 Å². The molecule has 0 aliphatic carbocycles. The molecule has 0 aliphatic rings. The number of esters is 1. The Kier molecular flexibility index (Phi) is 6.39. The number of benzene rings is 1. The minimum Gasteiger partial charge on any atom is -0.469 e. The number of carbonyl (C=O) groups excluding carboxylic acids is 2. The maximum Gasteiger partial charge on any atom is 0.416 e. The van der Waals surface area contributed by atoms with Crippen LogP contribution in [0.15, 0.2) is 18.2 Å². The van der Waals surface area contributed by atoms with Crippen LogP contribution in [-0.4, -0.2) is 18.9 Å². The number of halogens is 6. The van der Waals surface area contributed by atoms with Crippen LogP contribution in [0.2, 0.25) is 0 Å². The molecule has 0 unspecified atom stereocenters. The van der Waals surface area contributed by atoms with Gasteiger partial charge in [-0.15, -0.1) is 0 Å². The molecule has 1 aromatic carbocycles. The number of unbranched alkanes of at least 4 members (excludes halogenated alkanes) is 1. The zero-order valence-corrected chi connectivity index (χ0v) is 12.6. The summed E-state index contributed by atoms with van der Waals surface area (Å²) in [7, 11) is 1.18. The van der Waals surface area contributed by atoms with E-state index in [1.54, 1.807) is 0 Å². The van der Waals surface area contributed by atoms with Gasteiger partial charge in [-0.1, -0.05) is 0 Å². The lowest BCUT2D eigenvalue weighted by atomic mass is 9.99. The first kappa shape index (κ1) is 20.0. The molecule has 0 bridgehead atoms. The summed E-state index contributed by atoms with van der Waals surface area (Å²) in [5, 5.41) is 0. The summed E-state index contributed by atoms with van der Waals surface area (Å²) in [4.78, 5) is 22.7. The van der Waals surface area contributed by atoms with E-state index >= 15 is 0 Å². The topological polar surface area (TPSA) is 43.4 Å². The van der Waals surface area contributed by atoms with Crippen molar-refractivity contribution < 1.29 is 40.7 Å². The van der Waals surface area contributed by atoms with E-state index in [1.165, 1.54) is 7.11 Å². The van der Waals surface area contributed by atoms with E-state index in [4.69, 9.17) is 0 Å². The van der Waals surface area contributed by atoms with Crippen LogP contribution in [0.3, 0.4) is 0 Å². The third-order valence-corrected chi connectivity index (χ3v) is 3.17. The van der Waals surface area contributed by atoms with Gasteiger partial charge in [-0.2, -0.15) is 26.3 Å². The SMILES string of the molecule is COC(=O)CCCCC(=O)c1cc(C(F)(F)F)cc(C(F)(F)F)c1. The molecule has 0 aliphatic heterocycles. The Morgan fingerprint density at radius 3 is 1.75 bits per heavy atom. The van der Waals surface area contributed by atoms with Gasteiger partial charge in [0.15, 0.2) is 5.78 Å². The van der Waals surface area contributed by atoms with Gasteiger partial charge in [0.25, 0.3) is 0 Å². The second-order valence-corrected chi connectivity index (χ2v) is 5.00. The normalized spacial score (nSPS) is 12.1. The average Bonchev–Trinajstić information content (AvgIpc) is 2.48. The molecular weight excluding hydrogens is 342 g/mol. The Bertz CT molecular complexity index is 572. The number of methoxy groups -OCH3 is 1. The molecule has 3 nitrogen and oxygen atoms in total. The highest BCUT2D eigenvalue weighted by atomic mass is 19.4. The van der Waals surface area contributed by atoms with Crippen molar-refractivity contribution in [3.8, 4) is 0 Å². The van der Waals surface area contributed by atoms with Crippen LogP contribution in [0, 0.1) is 0 Å². The summed E-state index contributed by atoms with van der Waals surface area (Å²) >= 11 is 0. The van der Waals surface area contributed by atoms with Gasteiger partial charge >= 0.3 is 18.3 Å². The predicted molar refractivity (Wildman–Crippen MR) is 71.3 cm³/mol. The predicted octanol–water partition coefficient (Wildman–Crippen LogP) is 4.64. The fourth-order valence-corrected chi connectivity index (χ4v) is 1.92. The zero-order valence-electron chi connectivity index (χ0n) is 12.6. The van der Waals surface area contributed by atoms with Gasteiger partial charge in [-0.3, -0.25) is 9.59 Å². The fourth-order valence-electron chi connectivity index (χ4n) is 1.92. The second kappa shape index (κ2) is 7.67. The molecule has 1 aromatic rings. The number of hydrogen-bond donors (Lipinski definition) is 0. The average molecular weight is 356 g/mol. The fraction of sp³-hybridized carbons (Fsp3) is 0.467. The van der Waals surface area contributed by atoms with Gasteiger partial charge in [-0.25, -0.2) is 0 Å². The van der Waals surface area contributed by atoms with Crippen molar-refractivity contribution in [2.45, 2.75) is 38.0 Å². The number of ether oxygens (including phenoxy) is 1. The quantitative estimate of drug-likeness (QED) is 0.323. The molecule has 0 N–H and O–H groups in total. The van der Waals surface area contributed by atoms with Crippen molar-refractivity contribution in [3.63, 3.8) is 0 Å². The van der Waals surface area contributed by atoms with Crippen molar-refractivity contribution in [1.82, 2.24) is 0 Å². The Labute approximate surface area is 133 Å². The van der Waals surface area contributed by atoms with E-state index in [9.17, 15) is 35.9 Å². The highest BCUT2D eigenvalue weighted by Crippen LogP contribution is 2.36. The molecule has 0 saturated heterocycles. The molecular formula is C15H14F6O3. The third kappa shape index (κ3) is 5.86. The van der Waals surface area contributed by atoms with Crippen molar-refractivity contribution in [3.05, 3.63) is 34.9 Å². The summed E-state index contributed by atoms with van der Waals surface area (Å²) in [5.74, 6) is -1.36. The Morgan fingerprint density at radius 1 is 0.875 bits per heavy atom. The number of rotatable bonds is 6. The molecule has 0 amide bonds. The molecule has 9 heteroatoms. The largest absolute Gasteiger partial charge is 0.469 e. The Hall–Kier alpha value is -2.06. The minimum absolute atomic E-state index is 0.0141. The van der Waals surface area contributed by atoms with Crippen molar-refractivity contribution in [2.75, 3.05) is 7.11 Å². The van der Waals surface area contributed by atoms with Crippen LogP contribution >= 0.6 is 0 Å². The van der Waals surface area contributed by atoms with Crippen molar-refractivity contribution in [2.24, 2.45) is 0 Å². The summed E-state index contributed by atoms with van der Waals surface area (Å²) in [6, 6.07) is 0.768. The van der Waals surface area contributed by atoms with E-state index in [1.807, 2.05) is 0 Å². The van der Waals surface area contributed by atoms with Crippen molar-refractivity contribution >= 4 is 11.8 Å². The number of carbonyl (C=O) groups is 2. The monoisotopic (exact) mass is 356 g/mol. The van der Waals surface area contributed by atoms with E-state index in [0.29, 0.717) is 12.1 Å². The van der Waals surface area contributed by atoms with Crippen LogP contribution < -0.4 is 0 Å². The summed E-state index contributed by atoms with van der Waals surface area (Å²) in [6.07, 6.45) is -9.87. The molecule has 0 aromatic heterocycles. The van der Waals surface area contributed by atoms with Gasteiger partial charge in [0.05, 0.1) is 18.2 Å². The summed E-state index contributed by atoms with van der Waals surface area (Å²) in [5.41, 5.74) is -3.72. The van der Waals surface area contributed by atoms with Gasteiger partial charge in [0.1, 0.15) is 0 Å². The lowest BCUT2D eigenvalue weighted by Crippen LogP contribution is -2.13. The highest BCUT2D eigenvalue weighted by Gasteiger charge is 2.37. The zero-order chi connectivity index (χ0) is 18.5. The third-order valence-electron chi connectivity index (χ3n) is 3.17. The van der Waals surface area contributed by atoms with Gasteiger partial charge in [0.2, 0.25) is 0 Å². The van der Waals surface area contributed by atoms with Crippen molar-refractivity contribution in [1.29, 1.82) is 0 Å². The van der Waals surface area contributed by atoms with E-state index in [0.717, 1.165) is 0 Å². The first-order valence-corrected chi connectivity index (χ1v) is 6.84. The molecule has 0 spiro atoms. The lowest BCUT2D eigenvalue weighted by molar-refractivity contribution is -0.143. The van der Waals surface area contributed by atoms with E-state index < -0.39 is 40.8 Å². The molecule has 1 rings (SSSR count). The molecule has 134 valence electrons. The number of alkyl halides is 6. The van der Waals surface area contributed by atoms with Crippen LogP contribution in [0.5, 0.6) is 0 Å². The molecule has 24 heavy (non-hydrogen) atoms. The maximum absolute atomic E-state index is 12.7. The van der Waals surface area contributed by atoms with E-state index in [2.05, 4.69) is 4.74 Å². The summed E-state index contributed by atoms with van der Waals surface area (Å²) < 4.78 is 80.6. The Morgan fingerprint density at radius 2 is 1.33 bits per heavy atom. The molecule has 0 fully saturated rings.